The number of pyridine rings is 1. The standard InChI is InChI=1S/C14H15N3O.C14H20O.C10H20.C8H8O.C6H14O.CH3.ClH.2Ir/c1-17(2)12-8-6-11(7-9-12)16-14(18)13-5-3-4-10-15-13;1-2-3-4-5-9-12-14(15)13-10-7-6-8-11-13;1-6-7(2)9(4)10(5)8(6)3;1-7(9)8-5-3-2-4-6-8;1-2-3-4-5-6-7;;;;/h3-10H,1-2H3,(H,16,18);6-8,10-11H,2-5,9,12H2,1H3;6-10H,1-5H3;2-6H,1H3;7H,2-6H2,1H3;1H3;1H;;/q;;;;;-1;;;+3/p-2. The minimum atomic E-state index is -0.326. The first-order valence-corrected chi connectivity index (χ1v) is 25.1. The number of carbonyl (C=O) groups is 3. The summed E-state index contributed by atoms with van der Waals surface area (Å²) in [5.74, 6) is 4.76. The summed E-state index contributed by atoms with van der Waals surface area (Å²) in [6.45, 7) is 18.3. The van der Waals surface area contributed by atoms with Crippen LogP contribution in [0.3, 0.4) is 0 Å². The molecule has 0 bridgehead atoms. The molecule has 1 aliphatic carbocycles. The smallest absolute Gasteiger partial charge is 0 e. The molecule has 0 unspecified atom stereocenters. The molecule has 0 aliphatic heterocycles. The van der Waals surface area contributed by atoms with Crippen molar-refractivity contribution in [3.63, 3.8) is 0 Å². The van der Waals surface area contributed by atoms with Gasteiger partial charge in [0.05, 0.1) is 5.69 Å². The van der Waals surface area contributed by atoms with E-state index in [0.717, 1.165) is 59.2 Å². The number of amides is 1. The van der Waals surface area contributed by atoms with Crippen molar-refractivity contribution in [2.45, 2.75) is 120 Å². The summed E-state index contributed by atoms with van der Waals surface area (Å²) in [6, 6.07) is 31.5. The van der Waals surface area contributed by atoms with Crippen LogP contribution in [0.25, 0.3) is 5.32 Å². The molecule has 1 radical (unpaired) electrons. The Bertz CT molecular complexity index is 1630. The van der Waals surface area contributed by atoms with Crippen LogP contribution in [0, 0.1) is 37.0 Å². The van der Waals surface area contributed by atoms with Crippen LogP contribution in [0.2, 0.25) is 0 Å². The van der Waals surface area contributed by atoms with E-state index >= 15 is 0 Å². The summed E-state index contributed by atoms with van der Waals surface area (Å²) in [7, 11) is 8.57. The van der Waals surface area contributed by atoms with E-state index in [9.17, 15) is 14.4 Å². The van der Waals surface area contributed by atoms with Crippen molar-refractivity contribution in [2.24, 2.45) is 29.6 Å². The van der Waals surface area contributed by atoms with Gasteiger partial charge in [-0.05, 0) is 73.6 Å². The summed E-state index contributed by atoms with van der Waals surface area (Å²) in [5.41, 5.74) is 3.69. The van der Waals surface area contributed by atoms with Gasteiger partial charge in [-0.2, -0.15) is 0 Å². The number of hydrogen-bond acceptors (Lipinski definition) is 6. The van der Waals surface area contributed by atoms with E-state index in [1.807, 2.05) is 104 Å². The van der Waals surface area contributed by atoms with Crippen LogP contribution in [0.15, 0.2) is 109 Å². The molecule has 1 heterocycles. The van der Waals surface area contributed by atoms with Gasteiger partial charge in [0, 0.05) is 70.2 Å². The summed E-state index contributed by atoms with van der Waals surface area (Å²) < 4.78 is 0. The van der Waals surface area contributed by atoms with E-state index in [0.29, 0.717) is 24.4 Å². The van der Waals surface area contributed by atoms with Crippen LogP contribution in [0.4, 0.5) is 11.4 Å². The topological polar surface area (TPSA) is 102 Å². The second-order valence-electron chi connectivity index (χ2n) is 16.0. The van der Waals surface area contributed by atoms with Gasteiger partial charge in [0.1, 0.15) is 5.91 Å². The van der Waals surface area contributed by atoms with Crippen molar-refractivity contribution in [1.82, 2.24) is 4.98 Å². The zero-order valence-electron chi connectivity index (χ0n) is 40.1. The molecular formula is C53H79ClIr2N3O4. The number of aliphatic hydroxyl groups excluding tert-OH is 1. The van der Waals surface area contributed by atoms with Gasteiger partial charge in [-0.15, -0.1) is 5.69 Å². The summed E-state index contributed by atoms with van der Waals surface area (Å²) >= 11 is 1.47. The zero-order chi connectivity index (χ0) is 46.0. The Labute approximate surface area is 411 Å². The van der Waals surface area contributed by atoms with Crippen LogP contribution in [-0.4, -0.2) is 48.3 Å². The fraction of sp³-hybridized carbons (Fsp3) is 0.491. The normalized spacial score (nSPS) is 16.5. The Morgan fingerprint density at radius 3 is 1.44 bits per heavy atom. The van der Waals surface area contributed by atoms with Crippen molar-refractivity contribution in [1.29, 1.82) is 0 Å². The van der Waals surface area contributed by atoms with Crippen LogP contribution in [0.5, 0.6) is 0 Å². The summed E-state index contributed by atoms with van der Waals surface area (Å²) in [5, 5.41) is 12.3. The SMILES string of the molecule is CC(=O)c1ccccc1.CC1C(C)C(C)C(C)C1C.CCCCCCCC(=O)c1ccccc1.CCCCCCO.CN(C)c1ccc([N-]C(=O)c2ccccn2)cc1.[CH3-].[Cl][Ir+2].[Ir]. The van der Waals surface area contributed by atoms with Crippen molar-refractivity contribution in [2.75, 3.05) is 25.6 Å². The number of halogens is 1. The molecule has 0 spiro atoms. The third kappa shape index (κ3) is 28.5. The number of hydrogen-bond donors (Lipinski definition) is 1. The number of ketones is 2. The molecule has 7 nitrogen and oxygen atoms in total. The predicted molar refractivity (Wildman–Crippen MR) is 262 cm³/mol. The van der Waals surface area contributed by atoms with Gasteiger partial charge in [0.2, 0.25) is 0 Å². The molecule has 1 N–H and O–H groups in total. The van der Waals surface area contributed by atoms with E-state index < -0.39 is 0 Å². The second-order valence-corrected chi connectivity index (χ2v) is 16.0. The number of aromatic nitrogens is 1. The monoisotopic (exact) mass is 1240 g/mol. The maximum absolute atomic E-state index is 11.8. The number of benzene rings is 3. The molecule has 1 aliphatic rings. The van der Waals surface area contributed by atoms with E-state index in [1.165, 1.54) is 62.8 Å². The van der Waals surface area contributed by atoms with Crippen molar-refractivity contribution >= 4 is 38.4 Å². The first-order valence-electron chi connectivity index (χ1n) is 22.1. The van der Waals surface area contributed by atoms with Gasteiger partial charge in [0.25, 0.3) is 0 Å². The Balaban J connectivity index is -0.000000728. The molecule has 63 heavy (non-hydrogen) atoms. The molecule has 5 rings (SSSR count). The molecule has 10 heteroatoms. The minimum Gasteiger partial charge on any atom is 0 e. The van der Waals surface area contributed by atoms with Gasteiger partial charge in [-0.25, -0.2) is 0 Å². The van der Waals surface area contributed by atoms with Crippen molar-refractivity contribution in [3.8, 4) is 0 Å². The van der Waals surface area contributed by atoms with Gasteiger partial charge in [-0.3, -0.25) is 14.6 Å². The van der Waals surface area contributed by atoms with Gasteiger partial charge >= 0.3 is 27.5 Å². The Hall–Kier alpha value is -3.03. The fourth-order valence-electron chi connectivity index (χ4n) is 6.75. The van der Waals surface area contributed by atoms with E-state index in [4.69, 9.17) is 5.11 Å². The number of unbranched alkanes of at least 4 members (excludes halogenated alkanes) is 7. The van der Waals surface area contributed by atoms with Crippen LogP contribution < -0.4 is 4.90 Å². The Morgan fingerprint density at radius 2 is 1.06 bits per heavy atom. The fourth-order valence-corrected chi connectivity index (χ4v) is 6.75. The number of carbonyl (C=O) groups excluding carboxylic acids is 3. The van der Waals surface area contributed by atoms with Crippen LogP contribution >= 0.6 is 9.58 Å². The maximum atomic E-state index is 11.8. The molecule has 355 valence electrons. The number of Topliss-reactive ketones (excluding diaryl/α,β-unsaturated/α-hetero) is 2. The number of anilines is 1. The molecule has 0 atom stereocenters. The first kappa shape index (κ1) is 64.3. The average molecular weight is 1240 g/mol. The number of aliphatic hydroxyl groups is 1. The molecule has 4 aromatic rings. The van der Waals surface area contributed by atoms with Crippen molar-refractivity contribution in [3.05, 3.63) is 139 Å². The zero-order valence-corrected chi connectivity index (χ0v) is 45.7. The summed E-state index contributed by atoms with van der Waals surface area (Å²) in [4.78, 5) is 40.1. The molecule has 1 aromatic heterocycles. The van der Waals surface area contributed by atoms with Gasteiger partial charge in [-0.1, -0.05) is 172 Å². The van der Waals surface area contributed by atoms with Gasteiger partial charge in [0.15, 0.2) is 11.6 Å². The maximum Gasteiger partial charge on any atom is 0 e. The predicted octanol–water partition coefficient (Wildman–Crippen LogP) is 15.0. The summed E-state index contributed by atoms with van der Waals surface area (Å²) in [6.07, 6.45) is 13.0. The number of rotatable bonds is 15. The molecule has 1 saturated carbocycles. The van der Waals surface area contributed by atoms with Crippen LogP contribution in [0.1, 0.15) is 151 Å². The largest absolute Gasteiger partial charge is 0 e. The van der Waals surface area contributed by atoms with Crippen LogP contribution in [-0.2, 0) is 38.0 Å². The molecule has 0 saturated heterocycles. The third-order valence-corrected chi connectivity index (χ3v) is 11.4. The third-order valence-electron chi connectivity index (χ3n) is 11.4. The molecule has 1 fully saturated rings. The van der Waals surface area contributed by atoms with E-state index in [2.05, 4.69) is 68.4 Å². The number of nitrogens with zero attached hydrogens (tertiary/aromatic N) is 3. The van der Waals surface area contributed by atoms with Gasteiger partial charge < -0.3 is 27.5 Å². The van der Waals surface area contributed by atoms with E-state index in [-0.39, 0.29) is 45.0 Å². The molecule has 3 aromatic carbocycles. The quantitative estimate of drug-likeness (QED) is 0.0723. The van der Waals surface area contributed by atoms with Crippen molar-refractivity contribution < 1.29 is 57.5 Å². The average Bonchev–Trinajstić information content (AvgIpc) is 3.46. The van der Waals surface area contributed by atoms with E-state index in [1.54, 1.807) is 31.3 Å². The minimum absolute atomic E-state index is 0. The first-order chi connectivity index (χ1) is 29.3. The molecule has 1 amide bonds. The molecular weight excluding hydrogens is 1160 g/mol. The Kier molecular flexibility index (Phi) is 41.3. The Morgan fingerprint density at radius 1 is 0.635 bits per heavy atom. The second kappa shape index (κ2) is 40.5.